The molecule has 0 heterocycles. The molecule has 0 aliphatic carbocycles. The molecule has 0 bridgehead atoms. The Balaban J connectivity index is 2.09. The minimum absolute atomic E-state index is 0.355. The van der Waals surface area contributed by atoms with Crippen LogP contribution < -0.4 is 16.0 Å². The molecule has 4 nitrogen and oxygen atoms in total. The van der Waals surface area contributed by atoms with Gasteiger partial charge in [-0.1, -0.05) is 42.5 Å². The van der Waals surface area contributed by atoms with Crippen LogP contribution in [-0.2, 0) is 4.79 Å². The fourth-order valence-electron chi connectivity index (χ4n) is 1.73. The van der Waals surface area contributed by atoms with Crippen molar-refractivity contribution in [3.05, 3.63) is 54.6 Å². The monoisotopic (exact) mass is 256 g/mol. The van der Waals surface area contributed by atoms with E-state index < -0.39 is 6.10 Å². The van der Waals surface area contributed by atoms with Gasteiger partial charge in [0, 0.05) is 0 Å². The van der Waals surface area contributed by atoms with Crippen molar-refractivity contribution in [2.24, 2.45) is 5.84 Å². The molecule has 2 rings (SSSR count). The normalized spacial score (nSPS) is 11.7. The van der Waals surface area contributed by atoms with Crippen molar-refractivity contribution in [2.45, 2.75) is 13.0 Å². The third-order valence-corrected chi connectivity index (χ3v) is 2.79. The predicted octanol–water partition coefficient (Wildman–Crippen LogP) is 2.11. The Morgan fingerprint density at radius 3 is 2.21 bits per heavy atom. The maximum atomic E-state index is 11.2. The maximum absolute atomic E-state index is 11.2. The van der Waals surface area contributed by atoms with E-state index >= 15 is 0 Å². The molecule has 2 aromatic carbocycles. The first-order valence-corrected chi connectivity index (χ1v) is 6.03. The molecule has 3 N–H and O–H groups in total. The Bertz CT molecular complexity index is 538. The summed E-state index contributed by atoms with van der Waals surface area (Å²) in [6.07, 6.45) is -0.618. The largest absolute Gasteiger partial charge is 0.481 e. The molecule has 0 fully saturated rings. The van der Waals surface area contributed by atoms with Gasteiger partial charge in [0.1, 0.15) is 5.75 Å². The highest BCUT2D eigenvalue weighted by Gasteiger charge is 2.12. The molecule has 0 aromatic heterocycles. The van der Waals surface area contributed by atoms with Gasteiger partial charge in [-0.15, -0.1) is 0 Å². The number of nitrogens with two attached hydrogens (primary N) is 1. The summed E-state index contributed by atoms with van der Waals surface area (Å²) >= 11 is 0. The van der Waals surface area contributed by atoms with Gasteiger partial charge in [-0.05, 0) is 30.2 Å². The SMILES string of the molecule is C[C@H](Oc1ccc(-c2ccccc2)cc1)C(=O)NN. The number of ether oxygens (including phenoxy) is 1. The second-order valence-corrected chi connectivity index (χ2v) is 4.16. The van der Waals surface area contributed by atoms with Gasteiger partial charge >= 0.3 is 0 Å². The molecule has 1 atom stereocenters. The van der Waals surface area contributed by atoms with Crippen LogP contribution in [0, 0.1) is 0 Å². The van der Waals surface area contributed by atoms with Crippen LogP contribution in [0.2, 0.25) is 0 Å². The summed E-state index contributed by atoms with van der Waals surface area (Å²) in [6.45, 7) is 1.65. The zero-order chi connectivity index (χ0) is 13.7. The van der Waals surface area contributed by atoms with Crippen molar-refractivity contribution in [2.75, 3.05) is 0 Å². The van der Waals surface area contributed by atoms with Crippen molar-refractivity contribution in [3.8, 4) is 16.9 Å². The van der Waals surface area contributed by atoms with E-state index in [9.17, 15) is 4.79 Å². The second-order valence-electron chi connectivity index (χ2n) is 4.16. The van der Waals surface area contributed by atoms with Crippen molar-refractivity contribution in [3.63, 3.8) is 0 Å². The molecule has 98 valence electrons. The number of nitrogens with one attached hydrogen (secondary N) is 1. The smallest absolute Gasteiger partial charge is 0.274 e. The average Bonchev–Trinajstić information content (AvgIpc) is 2.48. The van der Waals surface area contributed by atoms with E-state index in [-0.39, 0.29) is 5.91 Å². The quantitative estimate of drug-likeness (QED) is 0.500. The first kappa shape index (κ1) is 13.1. The molecular formula is C15H16N2O2. The number of carbonyl (C=O) groups is 1. The number of hydrogen-bond acceptors (Lipinski definition) is 3. The van der Waals surface area contributed by atoms with Gasteiger partial charge in [-0.3, -0.25) is 10.2 Å². The Morgan fingerprint density at radius 2 is 1.63 bits per heavy atom. The number of hydrogen-bond donors (Lipinski definition) is 2. The van der Waals surface area contributed by atoms with Crippen LogP contribution in [0.4, 0.5) is 0 Å². The number of carbonyl (C=O) groups excluding carboxylic acids is 1. The van der Waals surface area contributed by atoms with E-state index in [4.69, 9.17) is 10.6 Å². The third-order valence-electron chi connectivity index (χ3n) is 2.79. The molecule has 0 radical (unpaired) electrons. The fourth-order valence-corrected chi connectivity index (χ4v) is 1.73. The highest BCUT2D eigenvalue weighted by molar-refractivity contribution is 5.80. The van der Waals surface area contributed by atoms with Gasteiger partial charge in [0.15, 0.2) is 6.10 Å². The summed E-state index contributed by atoms with van der Waals surface area (Å²) in [7, 11) is 0. The third kappa shape index (κ3) is 3.33. The number of hydrazine groups is 1. The minimum Gasteiger partial charge on any atom is -0.481 e. The predicted molar refractivity (Wildman–Crippen MR) is 74.3 cm³/mol. The van der Waals surface area contributed by atoms with Gasteiger partial charge in [0.05, 0.1) is 0 Å². The molecule has 0 spiro atoms. The standard InChI is InChI=1S/C15H16N2O2/c1-11(15(18)17-16)19-14-9-7-13(8-10-14)12-5-3-2-4-6-12/h2-11H,16H2,1H3,(H,17,18)/t11-/m0/s1. The van der Waals surface area contributed by atoms with Crippen LogP contribution in [0.5, 0.6) is 5.75 Å². The number of amides is 1. The Kier molecular flexibility index (Phi) is 4.15. The van der Waals surface area contributed by atoms with Gasteiger partial charge in [0.25, 0.3) is 5.91 Å². The highest BCUT2D eigenvalue weighted by atomic mass is 16.5. The van der Waals surface area contributed by atoms with Crippen LogP contribution in [0.3, 0.4) is 0 Å². The first-order valence-electron chi connectivity index (χ1n) is 6.03. The summed E-state index contributed by atoms with van der Waals surface area (Å²) in [5, 5.41) is 0. The van der Waals surface area contributed by atoms with E-state index in [1.165, 1.54) is 0 Å². The lowest BCUT2D eigenvalue weighted by atomic mass is 10.1. The highest BCUT2D eigenvalue weighted by Crippen LogP contribution is 2.22. The van der Waals surface area contributed by atoms with Crippen molar-refractivity contribution in [1.29, 1.82) is 0 Å². The zero-order valence-electron chi connectivity index (χ0n) is 10.7. The topological polar surface area (TPSA) is 64.3 Å². The molecule has 0 aliphatic rings. The Labute approximate surface area is 112 Å². The van der Waals surface area contributed by atoms with Crippen LogP contribution >= 0.6 is 0 Å². The molecule has 1 amide bonds. The average molecular weight is 256 g/mol. The van der Waals surface area contributed by atoms with Gasteiger partial charge < -0.3 is 4.74 Å². The molecule has 0 saturated carbocycles. The first-order chi connectivity index (χ1) is 9.20. The lowest BCUT2D eigenvalue weighted by Gasteiger charge is -2.13. The Morgan fingerprint density at radius 1 is 1.05 bits per heavy atom. The van der Waals surface area contributed by atoms with Crippen LogP contribution in [0.25, 0.3) is 11.1 Å². The second kappa shape index (κ2) is 6.02. The fraction of sp³-hybridized carbons (Fsp3) is 0.133. The van der Waals surface area contributed by atoms with Gasteiger partial charge in [-0.25, -0.2) is 5.84 Å². The van der Waals surface area contributed by atoms with Crippen molar-refractivity contribution < 1.29 is 9.53 Å². The molecular weight excluding hydrogens is 240 g/mol. The number of rotatable bonds is 4. The summed E-state index contributed by atoms with van der Waals surface area (Å²) in [5.74, 6) is 5.33. The molecule has 19 heavy (non-hydrogen) atoms. The zero-order valence-corrected chi connectivity index (χ0v) is 10.7. The maximum Gasteiger partial charge on any atom is 0.274 e. The summed E-state index contributed by atoms with van der Waals surface area (Å²) < 4.78 is 5.47. The molecule has 0 unspecified atom stereocenters. The van der Waals surface area contributed by atoms with Crippen LogP contribution in [0.1, 0.15) is 6.92 Å². The summed E-state index contributed by atoms with van der Waals surface area (Å²) in [5.41, 5.74) is 4.30. The lowest BCUT2D eigenvalue weighted by molar-refractivity contribution is -0.127. The van der Waals surface area contributed by atoms with Gasteiger partial charge in [-0.2, -0.15) is 0 Å². The lowest BCUT2D eigenvalue weighted by Crippen LogP contribution is -2.40. The van der Waals surface area contributed by atoms with E-state index in [0.29, 0.717) is 5.75 Å². The Hall–Kier alpha value is -2.33. The molecule has 0 saturated heterocycles. The van der Waals surface area contributed by atoms with E-state index in [1.54, 1.807) is 6.92 Å². The van der Waals surface area contributed by atoms with Gasteiger partial charge in [0.2, 0.25) is 0 Å². The van der Waals surface area contributed by atoms with E-state index in [1.807, 2.05) is 54.6 Å². The molecule has 2 aromatic rings. The molecule has 0 aliphatic heterocycles. The summed E-state index contributed by atoms with van der Waals surface area (Å²) in [6, 6.07) is 17.6. The van der Waals surface area contributed by atoms with Crippen LogP contribution in [0.15, 0.2) is 54.6 Å². The summed E-state index contributed by atoms with van der Waals surface area (Å²) in [4.78, 5) is 11.2. The van der Waals surface area contributed by atoms with E-state index in [0.717, 1.165) is 11.1 Å². The van der Waals surface area contributed by atoms with Crippen LogP contribution in [-0.4, -0.2) is 12.0 Å². The van der Waals surface area contributed by atoms with Crippen molar-refractivity contribution in [1.82, 2.24) is 5.43 Å². The minimum atomic E-state index is -0.618. The number of benzene rings is 2. The van der Waals surface area contributed by atoms with E-state index in [2.05, 4.69) is 5.43 Å². The van der Waals surface area contributed by atoms with Crippen molar-refractivity contribution >= 4 is 5.91 Å². The molecule has 4 heteroatoms.